The van der Waals surface area contributed by atoms with Crippen LogP contribution in [0.5, 0.6) is 5.75 Å². The molecule has 10 heteroatoms. The lowest BCUT2D eigenvalue weighted by Gasteiger charge is -2.28. The highest BCUT2D eigenvalue weighted by molar-refractivity contribution is 7.92. The fourth-order valence-electron chi connectivity index (χ4n) is 4.01. The van der Waals surface area contributed by atoms with Gasteiger partial charge in [-0.1, -0.05) is 6.07 Å². The Morgan fingerprint density at radius 3 is 2.61 bits per heavy atom. The number of aromatic nitrogens is 2. The van der Waals surface area contributed by atoms with Crippen LogP contribution in [0.4, 0.5) is 11.4 Å². The summed E-state index contributed by atoms with van der Waals surface area (Å²) < 4.78 is 33.6. The Morgan fingerprint density at radius 2 is 2.00 bits per heavy atom. The van der Waals surface area contributed by atoms with E-state index in [9.17, 15) is 8.42 Å². The summed E-state index contributed by atoms with van der Waals surface area (Å²) >= 11 is 5.76. The van der Waals surface area contributed by atoms with Gasteiger partial charge in [-0.25, -0.2) is 8.42 Å². The summed E-state index contributed by atoms with van der Waals surface area (Å²) in [6.45, 7) is 4.27. The van der Waals surface area contributed by atoms with Crippen LogP contribution in [0.3, 0.4) is 0 Å². The third kappa shape index (κ3) is 4.81. The molecule has 3 heterocycles. The number of hydrogen-bond acceptors (Lipinski definition) is 5. The maximum atomic E-state index is 11.7. The molecule has 3 aromatic rings. The van der Waals surface area contributed by atoms with Gasteiger partial charge >= 0.3 is 0 Å². The molecule has 2 atom stereocenters. The summed E-state index contributed by atoms with van der Waals surface area (Å²) in [6.07, 6.45) is 7.07. The average Bonchev–Trinajstić information content (AvgIpc) is 3.38. The Kier molecular flexibility index (Phi) is 6.31. The molecule has 8 nitrogen and oxygen atoms in total. The predicted octanol–water partition coefficient (Wildman–Crippen LogP) is 4.02. The molecular weight excluding hydrogens is 458 g/mol. The van der Waals surface area contributed by atoms with Crippen molar-refractivity contribution in [2.75, 3.05) is 23.0 Å². The van der Waals surface area contributed by atoms with E-state index in [2.05, 4.69) is 51.9 Å². The van der Waals surface area contributed by atoms with Crippen molar-refractivity contribution < 1.29 is 13.2 Å². The van der Waals surface area contributed by atoms with Gasteiger partial charge in [0.1, 0.15) is 5.75 Å². The van der Waals surface area contributed by atoms with E-state index >= 15 is 0 Å². The second-order valence-electron chi connectivity index (χ2n) is 8.24. The van der Waals surface area contributed by atoms with E-state index in [1.54, 1.807) is 18.3 Å². The minimum absolute atomic E-state index is 0.161. The number of sulfonamides is 1. The first kappa shape index (κ1) is 23.1. The molecule has 4 rings (SSSR count). The van der Waals surface area contributed by atoms with Crippen LogP contribution in [-0.2, 0) is 10.0 Å². The van der Waals surface area contributed by atoms with Crippen LogP contribution in [-0.4, -0.2) is 36.4 Å². The maximum Gasteiger partial charge on any atom is 0.229 e. The number of anilines is 2. The molecular formula is C23H27N5O3S2. The monoisotopic (exact) mass is 485 g/mol. The van der Waals surface area contributed by atoms with Gasteiger partial charge in [-0.05, 0) is 62.0 Å². The lowest BCUT2D eigenvalue weighted by atomic mass is 9.98. The van der Waals surface area contributed by atoms with E-state index in [0.29, 0.717) is 22.6 Å². The fraction of sp³-hybridized carbons (Fsp3) is 0.304. The molecule has 0 bridgehead atoms. The summed E-state index contributed by atoms with van der Waals surface area (Å²) in [5.74, 6) is 0.403. The molecule has 2 N–H and O–H groups in total. The van der Waals surface area contributed by atoms with Crippen LogP contribution in [0.25, 0.3) is 0 Å². The molecule has 1 aliphatic rings. The summed E-state index contributed by atoms with van der Waals surface area (Å²) in [7, 11) is -1.95. The second-order valence-corrected chi connectivity index (χ2v) is 10.4. The van der Waals surface area contributed by atoms with Crippen molar-refractivity contribution in [2.24, 2.45) is 0 Å². The number of rotatable bonds is 7. The van der Waals surface area contributed by atoms with E-state index in [1.165, 1.54) is 7.11 Å². The number of benzene rings is 1. The molecule has 0 amide bonds. The smallest absolute Gasteiger partial charge is 0.229 e. The van der Waals surface area contributed by atoms with Crippen LogP contribution < -0.4 is 19.7 Å². The normalized spacial score (nSPS) is 18.5. The van der Waals surface area contributed by atoms with Gasteiger partial charge in [0.05, 0.1) is 36.8 Å². The summed E-state index contributed by atoms with van der Waals surface area (Å²) in [5, 5.41) is 3.98. The zero-order valence-corrected chi connectivity index (χ0v) is 20.5. The molecule has 0 spiro atoms. The van der Waals surface area contributed by atoms with Crippen molar-refractivity contribution >= 4 is 38.7 Å². The van der Waals surface area contributed by atoms with Gasteiger partial charge in [-0.2, -0.15) is 0 Å². The standard InChI is InChI=1S/C23H27N5O3S2/c1-15(2)27-12-10-16(14-27)22-21(19-7-5-6-11-24-19)25-23(32)28(22)17-8-9-18(20(13-17)31-3)26-33(4,29)30/h5-15,21-22,26H,1-4H3,(H,25,32)/t21-,22-/m1/s1. The molecule has 0 aliphatic carbocycles. The lowest BCUT2D eigenvalue weighted by Crippen LogP contribution is -2.29. The number of hydrogen-bond donors (Lipinski definition) is 2. The molecule has 174 valence electrons. The molecule has 1 saturated heterocycles. The number of pyridine rings is 1. The minimum Gasteiger partial charge on any atom is -0.494 e. The molecule has 0 radical (unpaired) electrons. The Balaban J connectivity index is 1.80. The van der Waals surface area contributed by atoms with E-state index in [1.807, 2.05) is 29.2 Å². The van der Waals surface area contributed by atoms with E-state index < -0.39 is 10.0 Å². The number of nitrogens with one attached hydrogen (secondary N) is 2. The number of thiocarbonyl (C=S) groups is 1. The van der Waals surface area contributed by atoms with Crippen molar-refractivity contribution in [3.05, 3.63) is 72.3 Å². The van der Waals surface area contributed by atoms with Crippen molar-refractivity contribution in [3.63, 3.8) is 0 Å². The van der Waals surface area contributed by atoms with Gasteiger partial charge in [0.25, 0.3) is 0 Å². The second kappa shape index (κ2) is 9.03. The molecule has 1 aromatic carbocycles. The molecule has 1 aliphatic heterocycles. The SMILES string of the molecule is COc1cc(N2C(=S)N[C@H](c3ccccn3)[C@H]2c2ccn(C(C)C)c2)ccc1NS(C)(=O)=O. The third-order valence-corrected chi connectivity index (χ3v) is 6.44. The summed E-state index contributed by atoms with van der Waals surface area (Å²) in [6, 6.07) is 13.2. The Morgan fingerprint density at radius 1 is 1.21 bits per heavy atom. The topological polar surface area (TPSA) is 88.5 Å². The summed E-state index contributed by atoms with van der Waals surface area (Å²) in [4.78, 5) is 6.60. The van der Waals surface area contributed by atoms with Gasteiger partial charge in [0.15, 0.2) is 5.11 Å². The number of nitrogens with zero attached hydrogens (tertiary/aromatic N) is 3. The van der Waals surface area contributed by atoms with Gasteiger partial charge in [-0.3, -0.25) is 9.71 Å². The van der Waals surface area contributed by atoms with Crippen LogP contribution in [0.15, 0.2) is 61.1 Å². The molecule has 1 fully saturated rings. The Bertz CT molecular complexity index is 1260. The van der Waals surface area contributed by atoms with Crippen LogP contribution in [0.1, 0.15) is 43.2 Å². The predicted molar refractivity (Wildman–Crippen MR) is 134 cm³/mol. The highest BCUT2D eigenvalue weighted by Gasteiger charge is 2.41. The zero-order valence-electron chi connectivity index (χ0n) is 18.9. The van der Waals surface area contributed by atoms with E-state index in [-0.39, 0.29) is 12.1 Å². The molecule has 2 aromatic heterocycles. The van der Waals surface area contributed by atoms with Crippen molar-refractivity contribution in [1.82, 2.24) is 14.9 Å². The highest BCUT2D eigenvalue weighted by atomic mass is 32.2. The van der Waals surface area contributed by atoms with Crippen LogP contribution >= 0.6 is 12.2 Å². The van der Waals surface area contributed by atoms with Crippen molar-refractivity contribution in [3.8, 4) is 5.75 Å². The minimum atomic E-state index is -3.45. The van der Waals surface area contributed by atoms with E-state index in [4.69, 9.17) is 17.0 Å². The third-order valence-electron chi connectivity index (χ3n) is 5.53. The molecule has 0 saturated carbocycles. The van der Waals surface area contributed by atoms with E-state index in [0.717, 1.165) is 23.2 Å². The van der Waals surface area contributed by atoms with Crippen LogP contribution in [0.2, 0.25) is 0 Å². The van der Waals surface area contributed by atoms with Crippen molar-refractivity contribution in [1.29, 1.82) is 0 Å². The quantitative estimate of drug-likeness (QED) is 0.489. The fourth-order valence-corrected chi connectivity index (χ4v) is 4.93. The van der Waals surface area contributed by atoms with Gasteiger partial charge in [0.2, 0.25) is 10.0 Å². The van der Waals surface area contributed by atoms with Gasteiger partial charge < -0.3 is 19.5 Å². The Labute approximate surface area is 199 Å². The average molecular weight is 486 g/mol. The van der Waals surface area contributed by atoms with Crippen molar-refractivity contribution in [2.45, 2.75) is 32.0 Å². The Hall–Kier alpha value is -3.11. The van der Waals surface area contributed by atoms with Crippen LogP contribution in [0, 0.1) is 0 Å². The maximum absolute atomic E-state index is 11.7. The first-order chi connectivity index (χ1) is 15.7. The first-order valence-corrected chi connectivity index (χ1v) is 12.8. The largest absolute Gasteiger partial charge is 0.494 e. The number of methoxy groups -OCH3 is 1. The lowest BCUT2D eigenvalue weighted by molar-refractivity contribution is 0.417. The van der Waals surface area contributed by atoms with Gasteiger partial charge in [-0.15, -0.1) is 0 Å². The highest BCUT2D eigenvalue weighted by Crippen LogP contribution is 2.43. The zero-order chi connectivity index (χ0) is 23.8. The number of ether oxygens (including phenoxy) is 1. The van der Waals surface area contributed by atoms with Gasteiger partial charge in [0, 0.05) is 36.4 Å². The molecule has 33 heavy (non-hydrogen) atoms. The summed E-state index contributed by atoms with van der Waals surface area (Å²) in [5.41, 5.74) is 3.12. The first-order valence-electron chi connectivity index (χ1n) is 10.5. The molecule has 0 unspecified atom stereocenters.